The summed E-state index contributed by atoms with van der Waals surface area (Å²) in [5.74, 6) is 1.05. The van der Waals surface area contributed by atoms with Crippen LogP contribution in [0, 0.1) is 11.8 Å². The van der Waals surface area contributed by atoms with Gasteiger partial charge in [-0.2, -0.15) is 18.3 Å². The Bertz CT molecular complexity index is 582. The van der Waals surface area contributed by atoms with Gasteiger partial charge in [-0.3, -0.25) is 4.68 Å². The van der Waals surface area contributed by atoms with Crippen LogP contribution >= 0.6 is 0 Å². The highest BCUT2D eigenvalue weighted by atomic mass is 19.4. The molecule has 0 aliphatic carbocycles. The molecule has 0 fully saturated rings. The van der Waals surface area contributed by atoms with Gasteiger partial charge in [0, 0.05) is 18.3 Å². The van der Waals surface area contributed by atoms with Crippen molar-refractivity contribution in [2.24, 2.45) is 11.8 Å². The molecule has 0 spiro atoms. The minimum absolute atomic E-state index is 0.491. The monoisotopic (exact) mass is 296 g/mol. The van der Waals surface area contributed by atoms with E-state index in [4.69, 9.17) is 0 Å². The van der Waals surface area contributed by atoms with Crippen LogP contribution in [0.1, 0.15) is 26.3 Å². The van der Waals surface area contributed by atoms with E-state index in [1.807, 2.05) is 16.9 Å². The van der Waals surface area contributed by atoms with Gasteiger partial charge in [0.15, 0.2) is 0 Å². The number of rotatable bonds is 4. The highest BCUT2D eigenvalue weighted by Crippen LogP contribution is 2.30. The van der Waals surface area contributed by atoms with Crippen LogP contribution in [0.5, 0.6) is 0 Å². The summed E-state index contributed by atoms with van der Waals surface area (Å²) in [6.07, 6.45) is -2.43. The lowest BCUT2D eigenvalue weighted by Crippen LogP contribution is -2.13. The third-order valence-electron chi connectivity index (χ3n) is 3.76. The van der Waals surface area contributed by atoms with Crippen molar-refractivity contribution in [1.29, 1.82) is 0 Å². The topological polar surface area (TPSA) is 17.8 Å². The summed E-state index contributed by atoms with van der Waals surface area (Å²) in [6.45, 7) is 7.28. The van der Waals surface area contributed by atoms with E-state index in [-0.39, 0.29) is 0 Å². The SMILES string of the molecule is CC(C)C(C)Cn1ccc(-c2ccc(C(F)(F)F)cc2)n1. The third kappa shape index (κ3) is 3.86. The number of alkyl halides is 3. The minimum atomic E-state index is -4.30. The van der Waals surface area contributed by atoms with Gasteiger partial charge in [-0.15, -0.1) is 0 Å². The summed E-state index contributed by atoms with van der Waals surface area (Å²) in [6, 6.07) is 6.93. The third-order valence-corrected chi connectivity index (χ3v) is 3.76. The molecular formula is C16H19F3N2. The van der Waals surface area contributed by atoms with E-state index in [2.05, 4.69) is 25.9 Å². The zero-order chi connectivity index (χ0) is 15.6. The number of hydrogen-bond acceptors (Lipinski definition) is 1. The predicted octanol–water partition coefficient (Wildman–Crippen LogP) is 4.86. The van der Waals surface area contributed by atoms with E-state index < -0.39 is 11.7 Å². The van der Waals surface area contributed by atoms with Crippen molar-refractivity contribution in [3.05, 3.63) is 42.1 Å². The molecule has 0 bridgehead atoms. The van der Waals surface area contributed by atoms with Gasteiger partial charge in [0.1, 0.15) is 0 Å². The summed E-state index contributed by atoms with van der Waals surface area (Å²) in [7, 11) is 0. The van der Waals surface area contributed by atoms with E-state index in [1.165, 1.54) is 12.1 Å². The van der Waals surface area contributed by atoms with Gasteiger partial charge in [0.25, 0.3) is 0 Å². The first-order chi connectivity index (χ1) is 9.77. The van der Waals surface area contributed by atoms with Crippen molar-refractivity contribution in [3.63, 3.8) is 0 Å². The Hall–Kier alpha value is -1.78. The summed E-state index contributed by atoms with van der Waals surface area (Å²) in [5, 5.41) is 4.43. The Morgan fingerprint density at radius 3 is 2.19 bits per heavy atom. The second-order valence-electron chi connectivity index (χ2n) is 5.72. The second kappa shape index (κ2) is 5.92. The molecule has 1 unspecified atom stereocenters. The first kappa shape index (κ1) is 15.6. The van der Waals surface area contributed by atoms with Crippen LogP contribution in [0.4, 0.5) is 13.2 Å². The number of halogens is 3. The second-order valence-corrected chi connectivity index (χ2v) is 5.72. The smallest absolute Gasteiger partial charge is 0.272 e. The van der Waals surface area contributed by atoms with E-state index in [0.29, 0.717) is 23.1 Å². The quantitative estimate of drug-likeness (QED) is 0.787. The standard InChI is InChI=1S/C16H19F3N2/c1-11(2)12(3)10-21-9-8-15(20-21)13-4-6-14(7-5-13)16(17,18)19/h4-9,11-12H,10H2,1-3H3. The molecule has 0 N–H and O–H groups in total. The molecule has 1 aromatic carbocycles. The molecular weight excluding hydrogens is 277 g/mol. The number of aromatic nitrogens is 2. The molecule has 0 saturated carbocycles. The maximum absolute atomic E-state index is 12.5. The van der Waals surface area contributed by atoms with Gasteiger partial charge in [-0.25, -0.2) is 0 Å². The van der Waals surface area contributed by atoms with Gasteiger partial charge in [0.2, 0.25) is 0 Å². The molecule has 1 aromatic heterocycles. The van der Waals surface area contributed by atoms with Crippen LogP contribution in [0.2, 0.25) is 0 Å². The summed E-state index contributed by atoms with van der Waals surface area (Å²) in [5.41, 5.74) is 0.748. The molecule has 5 heteroatoms. The van der Waals surface area contributed by atoms with Gasteiger partial charge in [0.05, 0.1) is 11.3 Å². The van der Waals surface area contributed by atoms with Crippen LogP contribution in [-0.2, 0) is 12.7 Å². The molecule has 2 nitrogen and oxygen atoms in total. The fraction of sp³-hybridized carbons (Fsp3) is 0.438. The van der Waals surface area contributed by atoms with Crippen LogP contribution in [0.3, 0.4) is 0 Å². The molecule has 1 atom stereocenters. The molecule has 1 heterocycles. The van der Waals surface area contributed by atoms with Gasteiger partial charge in [-0.05, 0) is 30.0 Å². The average Bonchev–Trinajstić information content (AvgIpc) is 2.86. The zero-order valence-electron chi connectivity index (χ0n) is 12.4. The lowest BCUT2D eigenvalue weighted by Gasteiger charge is -2.15. The highest BCUT2D eigenvalue weighted by Gasteiger charge is 2.30. The normalized spacial score (nSPS) is 13.7. The van der Waals surface area contributed by atoms with Crippen molar-refractivity contribution in [2.45, 2.75) is 33.5 Å². The molecule has 2 aromatic rings. The summed E-state index contributed by atoms with van der Waals surface area (Å²) in [4.78, 5) is 0. The Morgan fingerprint density at radius 2 is 1.67 bits per heavy atom. The number of nitrogens with zero attached hydrogens (tertiary/aromatic N) is 2. The Balaban J connectivity index is 2.14. The molecule has 21 heavy (non-hydrogen) atoms. The van der Waals surface area contributed by atoms with Crippen molar-refractivity contribution in [2.75, 3.05) is 0 Å². The van der Waals surface area contributed by atoms with E-state index in [0.717, 1.165) is 18.7 Å². The summed E-state index contributed by atoms with van der Waals surface area (Å²) < 4.78 is 39.4. The minimum Gasteiger partial charge on any atom is -0.272 e. The van der Waals surface area contributed by atoms with E-state index >= 15 is 0 Å². The van der Waals surface area contributed by atoms with Crippen LogP contribution in [0.15, 0.2) is 36.5 Å². The fourth-order valence-electron chi connectivity index (χ4n) is 1.95. The Kier molecular flexibility index (Phi) is 4.40. The maximum Gasteiger partial charge on any atom is 0.416 e. The number of benzene rings is 1. The molecule has 114 valence electrons. The van der Waals surface area contributed by atoms with Crippen molar-refractivity contribution < 1.29 is 13.2 Å². The van der Waals surface area contributed by atoms with Crippen LogP contribution < -0.4 is 0 Å². The highest BCUT2D eigenvalue weighted by molar-refractivity contribution is 5.58. The fourth-order valence-corrected chi connectivity index (χ4v) is 1.95. The number of hydrogen-bond donors (Lipinski definition) is 0. The molecule has 0 aliphatic rings. The average molecular weight is 296 g/mol. The van der Waals surface area contributed by atoms with Gasteiger partial charge >= 0.3 is 6.18 Å². The van der Waals surface area contributed by atoms with Crippen molar-refractivity contribution >= 4 is 0 Å². The first-order valence-electron chi connectivity index (χ1n) is 6.98. The van der Waals surface area contributed by atoms with Crippen molar-refractivity contribution in [3.8, 4) is 11.3 Å². The van der Waals surface area contributed by atoms with E-state index in [9.17, 15) is 13.2 Å². The molecule has 0 amide bonds. The van der Waals surface area contributed by atoms with Crippen molar-refractivity contribution in [1.82, 2.24) is 9.78 Å². The largest absolute Gasteiger partial charge is 0.416 e. The summed E-state index contributed by atoms with van der Waals surface area (Å²) >= 11 is 0. The Morgan fingerprint density at radius 1 is 1.05 bits per heavy atom. The van der Waals surface area contributed by atoms with E-state index in [1.54, 1.807) is 0 Å². The lowest BCUT2D eigenvalue weighted by atomic mass is 9.98. The predicted molar refractivity (Wildman–Crippen MR) is 76.7 cm³/mol. The molecule has 0 saturated heterocycles. The Labute approximate surface area is 122 Å². The molecule has 0 radical (unpaired) electrons. The molecule has 2 rings (SSSR count). The lowest BCUT2D eigenvalue weighted by molar-refractivity contribution is -0.137. The van der Waals surface area contributed by atoms with Gasteiger partial charge in [-0.1, -0.05) is 32.9 Å². The molecule has 0 aliphatic heterocycles. The zero-order valence-corrected chi connectivity index (χ0v) is 12.4. The maximum atomic E-state index is 12.5. The van der Waals surface area contributed by atoms with Crippen LogP contribution in [-0.4, -0.2) is 9.78 Å². The first-order valence-corrected chi connectivity index (χ1v) is 6.98. The van der Waals surface area contributed by atoms with Gasteiger partial charge < -0.3 is 0 Å². The van der Waals surface area contributed by atoms with Crippen LogP contribution in [0.25, 0.3) is 11.3 Å².